The number of anilines is 1. The van der Waals surface area contributed by atoms with Gasteiger partial charge in [0.1, 0.15) is 11.4 Å². The maximum absolute atomic E-state index is 13.0. The maximum atomic E-state index is 13.0. The van der Waals surface area contributed by atoms with Crippen LogP contribution in [0.1, 0.15) is 43.9 Å². The molecule has 0 fully saturated rings. The minimum absolute atomic E-state index is 0.00937. The molecular weight excluding hydrogens is 534 g/mol. The third-order valence-corrected chi connectivity index (χ3v) is 6.89. The molecule has 42 heavy (non-hydrogen) atoms. The minimum atomic E-state index is -0.284. The van der Waals surface area contributed by atoms with Crippen LogP contribution in [0.15, 0.2) is 42.6 Å². The monoisotopic (exact) mass is 581 g/mol. The van der Waals surface area contributed by atoms with Crippen molar-refractivity contribution in [3.8, 4) is 11.5 Å². The van der Waals surface area contributed by atoms with Crippen LogP contribution in [0.4, 0.5) is 5.69 Å². The summed E-state index contributed by atoms with van der Waals surface area (Å²) in [7, 11) is 0. The number of nitrogens with zero attached hydrogens (tertiary/aromatic N) is 1. The summed E-state index contributed by atoms with van der Waals surface area (Å²) in [6.07, 6.45) is 3.74. The molecule has 0 atom stereocenters. The summed E-state index contributed by atoms with van der Waals surface area (Å²) in [5, 5.41) is 19.3. The second-order valence-electron chi connectivity index (χ2n) is 10.8. The number of rotatable bonds is 18. The summed E-state index contributed by atoms with van der Waals surface area (Å²) in [6.45, 7) is 11.1. The molecule has 2 amide bonds. The zero-order valence-electron chi connectivity index (χ0n) is 25.2. The smallest absolute Gasteiger partial charge is 0.262 e. The molecule has 3 rings (SSSR count). The van der Waals surface area contributed by atoms with Crippen molar-refractivity contribution in [1.82, 2.24) is 15.5 Å². The van der Waals surface area contributed by atoms with Crippen LogP contribution >= 0.6 is 0 Å². The Morgan fingerprint density at radius 1 is 1.21 bits per heavy atom. The zero-order valence-corrected chi connectivity index (χ0v) is 25.2. The maximum Gasteiger partial charge on any atom is 0.262 e. The molecule has 0 bridgehead atoms. The Bertz CT molecular complexity index is 1200. The lowest BCUT2D eigenvalue weighted by molar-refractivity contribution is -0.132. The third-order valence-electron chi connectivity index (χ3n) is 6.89. The van der Waals surface area contributed by atoms with Gasteiger partial charge >= 0.3 is 0 Å². The van der Waals surface area contributed by atoms with E-state index in [0.717, 1.165) is 29.7 Å². The molecule has 2 aromatic rings. The molecule has 1 aliphatic rings. The van der Waals surface area contributed by atoms with Gasteiger partial charge in [0.25, 0.3) is 5.91 Å². The van der Waals surface area contributed by atoms with Crippen molar-refractivity contribution >= 4 is 23.1 Å². The summed E-state index contributed by atoms with van der Waals surface area (Å²) < 4.78 is 11.4. The number of hydrogen-bond acceptors (Lipinski definition) is 8. The Hall–Kier alpha value is -3.60. The van der Waals surface area contributed by atoms with E-state index in [-0.39, 0.29) is 24.2 Å². The molecule has 0 unspecified atom stereocenters. The van der Waals surface area contributed by atoms with Gasteiger partial charge in [-0.15, -0.1) is 0 Å². The number of phenols is 1. The number of hydrogen-bond donors (Lipinski definition) is 5. The van der Waals surface area contributed by atoms with Crippen LogP contribution in [0.2, 0.25) is 0 Å². The van der Waals surface area contributed by atoms with E-state index in [1.807, 2.05) is 17.2 Å². The minimum Gasteiger partial charge on any atom is -0.506 e. The number of fused-ring (bicyclic) bond motifs is 1. The molecule has 0 aromatic heterocycles. The van der Waals surface area contributed by atoms with Crippen molar-refractivity contribution in [1.29, 1.82) is 0 Å². The number of nitrogens with one attached hydrogen (secondary N) is 3. The average Bonchev–Trinajstić information content (AvgIpc) is 2.97. The molecule has 0 spiro atoms. The van der Waals surface area contributed by atoms with Crippen molar-refractivity contribution < 1.29 is 24.2 Å². The van der Waals surface area contributed by atoms with Crippen LogP contribution in [0.3, 0.4) is 0 Å². The molecule has 0 saturated heterocycles. The van der Waals surface area contributed by atoms with Gasteiger partial charge in [-0.2, -0.15) is 0 Å². The van der Waals surface area contributed by atoms with E-state index in [2.05, 4.69) is 54.9 Å². The molecule has 10 nitrogen and oxygen atoms in total. The highest BCUT2D eigenvalue weighted by molar-refractivity contribution is 5.97. The lowest BCUT2D eigenvalue weighted by atomic mass is 10.0. The Morgan fingerprint density at radius 3 is 2.81 bits per heavy atom. The third kappa shape index (κ3) is 10.3. The van der Waals surface area contributed by atoms with Crippen LogP contribution in [-0.4, -0.2) is 80.9 Å². The van der Waals surface area contributed by atoms with Crippen LogP contribution in [-0.2, 0) is 27.2 Å². The Kier molecular flexibility index (Phi) is 13.6. The standard InChI is InChI=1S/C32H47N5O5/c1-4-34-20-27(19-33)26-7-5-6-24(18-26)11-16-41-17-12-30(40)37(21-23(2)3)15-14-35-13-10-25-8-9-28(38)31-32(25)42-22-29(39)36-31/h5-9,18,20,23,34-35,38H,4,10-17,19,21-22,33H2,1-3H3,(H,36,39)/b27-20+. The van der Waals surface area contributed by atoms with E-state index in [0.29, 0.717) is 76.1 Å². The van der Waals surface area contributed by atoms with Gasteiger partial charge < -0.3 is 41.2 Å². The van der Waals surface area contributed by atoms with Crippen LogP contribution in [0.25, 0.3) is 5.57 Å². The quantitative estimate of drug-likeness (QED) is 0.134. The first-order valence-electron chi connectivity index (χ1n) is 14.9. The number of carbonyl (C=O) groups excluding carboxylic acids is 2. The van der Waals surface area contributed by atoms with Crippen LogP contribution < -0.4 is 26.4 Å². The second kappa shape index (κ2) is 17.4. The predicted octanol–water partition coefficient (Wildman–Crippen LogP) is 2.90. The topological polar surface area (TPSA) is 138 Å². The number of nitrogens with two attached hydrogens (primary N) is 1. The van der Waals surface area contributed by atoms with Crippen molar-refractivity contribution in [2.75, 3.05) is 64.4 Å². The van der Waals surface area contributed by atoms with E-state index in [1.165, 1.54) is 5.56 Å². The molecule has 0 aliphatic carbocycles. The number of carbonyl (C=O) groups is 2. The lowest BCUT2D eigenvalue weighted by Gasteiger charge is -2.25. The first-order chi connectivity index (χ1) is 20.3. The molecule has 230 valence electrons. The normalized spacial score (nSPS) is 13.0. The summed E-state index contributed by atoms with van der Waals surface area (Å²) in [5.74, 6) is 0.670. The van der Waals surface area contributed by atoms with Gasteiger partial charge in [0.15, 0.2) is 12.4 Å². The number of ether oxygens (including phenoxy) is 2. The van der Waals surface area contributed by atoms with Gasteiger partial charge in [-0.05, 0) is 60.6 Å². The number of benzene rings is 2. The lowest BCUT2D eigenvalue weighted by Crippen LogP contribution is -2.40. The largest absolute Gasteiger partial charge is 0.506 e. The van der Waals surface area contributed by atoms with Crippen LogP contribution in [0.5, 0.6) is 11.5 Å². The first kappa shape index (κ1) is 32.9. The van der Waals surface area contributed by atoms with Crippen molar-refractivity contribution in [2.24, 2.45) is 11.7 Å². The fourth-order valence-electron chi connectivity index (χ4n) is 4.75. The second-order valence-corrected chi connectivity index (χ2v) is 10.8. The summed E-state index contributed by atoms with van der Waals surface area (Å²) >= 11 is 0. The molecule has 1 aliphatic heterocycles. The summed E-state index contributed by atoms with van der Waals surface area (Å²) in [6, 6.07) is 11.7. The molecule has 1 heterocycles. The molecule has 10 heteroatoms. The van der Waals surface area contributed by atoms with E-state index >= 15 is 0 Å². The molecule has 6 N–H and O–H groups in total. The fourth-order valence-corrected chi connectivity index (χ4v) is 4.75. The summed E-state index contributed by atoms with van der Waals surface area (Å²) in [5.41, 5.74) is 10.5. The molecule has 2 aromatic carbocycles. The Morgan fingerprint density at radius 2 is 2.05 bits per heavy atom. The van der Waals surface area contributed by atoms with E-state index in [1.54, 1.807) is 12.1 Å². The highest BCUT2D eigenvalue weighted by Crippen LogP contribution is 2.39. The first-order valence-corrected chi connectivity index (χ1v) is 14.9. The highest BCUT2D eigenvalue weighted by atomic mass is 16.5. The fraction of sp³-hybridized carbons (Fsp3) is 0.500. The molecule has 0 radical (unpaired) electrons. The Labute approximate surface area is 249 Å². The van der Waals surface area contributed by atoms with Crippen molar-refractivity contribution in [2.45, 2.75) is 40.0 Å². The van der Waals surface area contributed by atoms with E-state index in [9.17, 15) is 14.7 Å². The molecule has 0 saturated carbocycles. The van der Waals surface area contributed by atoms with Gasteiger partial charge in [-0.1, -0.05) is 44.2 Å². The SMILES string of the molecule is CCN/C=C(\CN)c1cccc(CCOCCC(=O)N(CCNCCc2ccc(O)c3c2OCC(=O)N3)CC(C)C)c1. The van der Waals surface area contributed by atoms with Crippen LogP contribution in [0, 0.1) is 5.92 Å². The van der Waals surface area contributed by atoms with Gasteiger partial charge in [0.05, 0.1) is 19.6 Å². The van der Waals surface area contributed by atoms with E-state index in [4.69, 9.17) is 15.2 Å². The average molecular weight is 582 g/mol. The number of aromatic hydroxyl groups is 1. The van der Waals surface area contributed by atoms with Gasteiger partial charge in [-0.25, -0.2) is 0 Å². The highest BCUT2D eigenvalue weighted by Gasteiger charge is 2.22. The zero-order chi connectivity index (χ0) is 30.3. The van der Waals surface area contributed by atoms with Crippen molar-refractivity contribution in [3.05, 3.63) is 59.3 Å². The summed E-state index contributed by atoms with van der Waals surface area (Å²) in [4.78, 5) is 26.5. The van der Waals surface area contributed by atoms with Gasteiger partial charge in [0, 0.05) is 38.9 Å². The number of phenolic OH excluding ortho intramolecular Hbond substituents is 1. The van der Waals surface area contributed by atoms with E-state index < -0.39 is 0 Å². The predicted molar refractivity (Wildman–Crippen MR) is 167 cm³/mol. The van der Waals surface area contributed by atoms with Gasteiger partial charge in [-0.3, -0.25) is 9.59 Å². The Balaban J connectivity index is 1.39. The van der Waals surface area contributed by atoms with Crippen molar-refractivity contribution in [3.63, 3.8) is 0 Å². The number of amides is 2. The molecular formula is C32H47N5O5. The van der Waals surface area contributed by atoms with Gasteiger partial charge in [0.2, 0.25) is 5.91 Å².